The summed E-state index contributed by atoms with van der Waals surface area (Å²) in [5, 5.41) is 7.21. The standard InChI is InChI=1S/C24H18Cl2N2O5/c1-2-31-22(29)13-32-23-18(25)9-14(10-19(23)26)12-27-28-24(30)21-11-17-16-6-4-3-5-15(16)7-8-20(17)33-21/h3-12H,2,13H2,1H3,(H,28,30)/b27-12-. The molecule has 4 rings (SSSR count). The lowest BCUT2D eigenvalue weighted by molar-refractivity contribution is -0.145. The van der Waals surface area contributed by atoms with Gasteiger partial charge in [0.15, 0.2) is 18.1 Å². The van der Waals surface area contributed by atoms with Gasteiger partial charge >= 0.3 is 11.9 Å². The summed E-state index contributed by atoms with van der Waals surface area (Å²) < 4.78 is 15.8. The summed E-state index contributed by atoms with van der Waals surface area (Å²) in [6, 6.07) is 16.4. The number of rotatable bonds is 7. The fourth-order valence-corrected chi connectivity index (χ4v) is 3.86. The van der Waals surface area contributed by atoms with Crippen LogP contribution in [-0.2, 0) is 9.53 Å². The fourth-order valence-electron chi connectivity index (χ4n) is 3.25. The summed E-state index contributed by atoms with van der Waals surface area (Å²) in [5.41, 5.74) is 3.55. The van der Waals surface area contributed by atoms with E-state index in [-0.39, 0.29) is 34.8 Å². The Bertz CT molecular complexity index is 1360. The number of esters is 1. The molecule has 1 amide bonds. The van der Waals surface area contributed by atoms with Crippen LogP contribution in [0.2, 0.25) is 10.0 Å². The molecule has 3 aromatic carbocycles. The number of benzene rings is 3. The van der Waals surface area contributed by atoms with Crippen molar-refractivity contribution in [2.75, 3.05) is 13.2 Å². The lowest BCUT2D eigenvalue weighted by Crippen LogP contribution is -2.16. The van der Waals surface area contributed by atoms with Crippen molar-refractivity contribution in [3.63, 3.8) is 0 Å². The number of carbonyl (C=O) groups is 2. The highest BCUT2D eigenvalue weighted by Crippen LogP contribution is 2.34. The molecule has 1 heterocycles. The minimum Gasteiger partial charge on any atom is -0.479 e. The summed E-state index contributed by atoms with van der Waals surface area (Å²) in [5.74, 6) is -0.742. The van der Waals surface area contributed by atoms with Gasteiger partial charge in [0, 0.05) is 5.39 Å². The van der Waals surface area contributed by atoms with E-state index < -0.39 is 11.9 Å². The smallest absolute Gasteiger partial charge is 0.344 e. The van der Waals surface area contributed by atoms with Crippen LogP contribution in [0.1, 0.15) is 23.0 Å². The van der Waals surface area contributed by atoms with Crippen molar-refractivity contribution in [3.8, 4) is 5.75 Å². The molecule has 0 bridgehead atoms. The van der Waals surface area contributed by atoms with E-state index in [2.05, 4.69) is 10.5 Å². The average Bonchev–Trinajstić information content (AvgIpc) is 3.24. The van der Waals surface area contributed by atoms with E-state index in [1.807, 2.05) is 36.4 Å². The van der Waals surface area contributed by atoms with Crippen LogP contribution in [0, 0.1) is 0 Å². The third kappa shape index (κ3) is 5.10. The molecule has 0 fully saturated rings. The number of nitrogens with zero attached hydrogens (tertiary/aromatic N) is 1. The molecule has 0 radical (unpaired) electrons. The van der Waals surface area contributed by atoms with Crippen molar-refractivity contribution in [1.29, 1.82) is 0 Å². The zero-order valence-electron chi connectivity index (χ0n) is 17.4. The number of ether oxygens (including phenoxy) is 2. The third-order valence-corrected chi connectivity index (χ3v) is 5.25. The summed E-state index contributed by atoms with van der Waals surface area (Å²) in [7, 11) is 0. The molecule has 168 valence electrons. The van der Waals surface area contributed by atoms with Gasteiger partial charge in [-0.3, -0.25) is 4.79 Å². The predicted octanol–water partition coefficient (Wildman–Crippen LogP) is 5.60. The van der Waals surface area contributed by atoms with E-state index in [0.29, 0.717) is 11.1 Å². The molecular weight excluding hydrogens is 467 g/mol. The van der Waals surface area contributed by atoms with Crippen LogP contribution in [0.4, 0.5) is 0 Å². The maximum absolute atomic E-state index is 12.5. The molecule has 0 unspecified atom stereocenters. The number of hydrogen-bond donors (Lipinski definition) is 1. The Kier molecular flexibility index (Phi) is 6.82. The zero-order valence-corrected chi connectivity index (χ0v) is 18.9. The van der Waals surface area contributed by atoms with E-state index in [9.17, 15) is 9.59 Å². The SMILES string of the molecule is CCOC(=O)COc1c(Cl)cc(/C=N\NC(=O)c2cc3c(ccc4ccccc43)o2)cc1Cl. The molecule has 0 aliphatic rings. The van der Waals surface area contributed by atoms with Crippen LogP contribution in [0.5, 0.6) is 5.75 Å². The van der Waals surface area contributed by atoms with Gasteiger partial charge in [-0.15, -0.1) is 0 Å². The Morgan fingerprint density at radius 1 is 1.06 bits per heavy atom. The Hall–Kier alpha value is -3.55. The number of furan rings is 1. The second-order valence-corrected chi connectivity index (χ2v) is 7.73. The molecule has 1 N–H and O–H groups in total. The van der Waals surface area contributed by atoms with Gasteiger partial charge in [0.1, 0.15) is 5.58 Å². The number of carbonyl (C=O) groups excluding carboxylic acids is 2. The molecule has 7 nitrogen and oxygen atoms in total. The van der Waals surface area contributed by atoms with Gasteiger partial charge in [-0.2, -0.15) is 5.10 Å². The summed E-state index contributed by atoms with van der Waals surface area (Å²) in [4.78, 5) is 23.9. The Balaban J connectivity index is 1.45. The number of fused-ring (bicyclic) bond motifs is 3. The number of hydrazone groups is 1. The van der Waals surface area contributed by atoms with Crippen LogP contribution in [0.15, 0.2) is 64.1 Å². The highest BCUT2D eigenvalue weighted by atomic mass is 35.5. The number of hydrogen-bond acceptors (Lipinski definition) is 6. The van der Waals surface area contributed by atoms with E-state index in [1.54, 1.807) is 13.0 Å². The fraction of sp³-hybridized carbons (Fsp3) is 0.125. The first-order chi connectivity index (χ1) is 16.0. The second-order valence-electron chi connectivity index (χ2n) is 6.92. The molecule has 33 heavy (non-hydrogen) atoms. The summed E-state index contributed by atoms with van der Waals surface area (Å²) in [6.45, 7) is 1.62. The topological polar surface area (TPSA) is 90.1 Å². The first-order valence-electron chi connectivity index (χ1n) is 9.98. The minimum absolute atomic E-state index is 0.136. The first kappa shape index (κ1) is 22.6. The van der Waals surface area contributed by atoms with E-state index in [1.165, 1.54) is 18.3 Å². The molecule has 1 aromatic heterocycles. The first-order valence-corrected chi connectivity index (χ1v) is 10.7. The Morgan fingerprint density at radius 3 is 2.58 bits per heavy atom. The molecule has 0 atom stereocenters. The lowest BCUT2D eigenvalue weighted by Gasteiger charge is -2.10. The monoisotopic (exact) mass is 484 g/mol. The largest absolute Gasteiger partial charge is 0.479 e. The van der Waals surface area contributed by atoms with Gasteiger partial charge < -0.3 is 13.9 Å². The van der Waals surface area contributed by atoms with Crippen LogP contribution in [-0.4, -0.2) is 31.3 Å². The second kappa shape index (κ2) is 9.94. The predicted molar refractivity (Wildman–Crippen MR) is 127 cm³/mol. The number of amides is 1. The molecular formula is C24H18Cl2N2O5. The Labute approximate surface area is 198 Å². The van der Waals surface area contributed by atoms with Crippen molar-refractivity contribution in [1.82, 2.24) is 5.43 Å². The van der Waals surface area contributed by atoms with Gasteiger partial charge in [-0.1, -0.05) is 53.5 Å². The maximum atomic E-state index is 12.5. The van der Waals surface area contributed by atoms with Crippen molar-refractivity contribution in [2.24, 2.45) is 5.10 Å². The van der Waals surface area contributed by atoms with Crippen molar-refractivity contribution in [3.05, 3.63) is 76.0 Å². The van der Waals surface area contributed by atoms with Gasteiger partial charge in [0.2, 0.25) is 0 Å². The van der Waals surface area contributed by atoms with Crippen molar-refractivity contribution >= 4 is 63.0 Å². The van der Waals surface area contributed by atoms with Crippen LogP contribution < -0.4 is 10.2 Å². The maximum Gasteiger partial charge on any atom is 0.344 e. The van der Waals surface area contributed by atoms with Crippen LogP contribution >= 0.6 is 23.2 Å². The van der Waals surface area contributed by atoms with Crippen molar-refractivity contribution < 1.29 is 23.5 Å². The number of halogens is 2. The van der Waals surface area contributed by atoms with Crippen LogP contribution in [0.25, 0.3) is 21.7 Å². The lowest BCUT2D eigenvalue weighted by atomic mass is 10.1. The summed E-state index contributed by atoms with van der Waals surface area (Å²) in [6.07, 6.45) is 1.38. The van der Waals surface area contributed by atoms with Gasteiger partial charge in [0.25, 0.3) is 0 Å². The van der Waals surface area contributed by atoms with Gasteiger partial charge in [-0.25, -0.2) is 10.2 Å². The molecule has 0 aliphatic carbocycles. The minimum atomic E-state index is -0.531. The highest BCUT2D eigenvalue weighted by molar-refractivity contribution is 6.37. The number of nitrogens with one attached hydrogen (secondary N) is 1. The van der Waals surface area contributed by atoms with Gasteiger partial charge in [0.05, 0.1) is 22.9 Å². The summed E-state index contributed by atoms with van der Waals surface area (Å²) >= 11 is 12.4. The zero-order chi connectivity index (χ0) is 23.4. The molecule has 0 saturated heterocycles. The van der Waals surface area contributed by atoms with E-state index >= 15 is 0 Å². The van der Waals surface area contributed by atoms with Crippen molar-refractivity contribution in [2.45, 2.75) is 6.92 Å². The third-order valence-electron chi connectivity index (χ3n) is 4.69. The van der Waals surface area contributed by atoms with Gasteiger partial charge in [-0.05, 0) is 47.5 Å². The quantitative estimate of drug-likeness (QED) is 0.209. The molecule has 0 aliphatic heterocycles. The van der Waals surface area contributed by atoms with E-state index in [4.69, 9.17) is 37.1 Å². The molecule has 4 aromatic rings. The van der Waals surface area contributed by atoms with Crippen LogP contribution in [0.3, 0.4) is 0 Å². The molecule has 9 heteroatoms. The normalized spacial score (nSPS) is 11.2. The molecule has 0 spiro atoms. The van der Waals surface area contributed by atoms with E-state index in [0.717, 1.165) is 16.2 Å². The molecule has 0 saturated carbocycles. The highest BCUT2D eigenvalue weighted by Gasteiger charge is 2.14. The Morgan fingerprint density at radius 2 is 1.82 bits per heavy atom. The average molecular weight is 485 g/mol.